The first-order chi connectivity index (χ1) is 8.49. The number of aryl methyl sites for hydroxylation is 2. The number of pyridine rings is 1. The van der Waals surface area contributed by atoms with Gasteiger partial charge in [0.05, 0.1) is 11.7 Å². The van der Waals surface area contributed by atoms with Crippen molar-refractivity contribution in [2.45, 2.75) is 19.9 Å². The Balaban J connectivity index is 2.36. The Bertz CT molecular complexity index is 630. The summed E-state index contributed by atoms with van der Waals surface area (Å²) in [6.45, 7) is 4.03. The van der Waals surface area contributed by atoms with Crippen LogP contribution in [0.2, 0.25) is 0 Å². The van der Waals surface area contributed by atoms with Crippen molar-refractivity contribution in [3.05, 3.63) is 17.5 Å². The van der Waals surface area contributed by atoms with Crippen molar-refractivity contribution in [1.29, 1.82) is 0 Å². The van der Waals surface area contributed by atoms with E-state index < -0.39 is 0 Å². The molecule has 2 N–H and O–H groups in total. The molecular formula is C12H16N6. The first-order valence-corrected chi connectivity index (χ1v) is 5.90. The fourth-order valence-electron chi connectivity index (χ4n) is 2.51. The Kier molecular flexibility index (Phi) is 2.10. The number of nitrogen functional groups attached to an aromatic ring is 1. The summed E-state index contributed by atoms with van der Waals surface area (Å²) in [4.78, 5) is 8.05. The van der Waals surface area contributed by atoms with E-state index in [4.69, 9.17) is 5.73 Å². The SMILES string of the molecule is Cc1cc2c(c(N)n1)N(C)C(C)c1nn(C)nc1-2. The van der Waals surface area contributed by atoms with Crippen LogP contribution >= 0.6 is 0 Å². The van der Waals surface area contributed by atoms with Crippen molar-refractivity contribution in [2.75, 3.05) is 17.7 Å². The molecule has 0 amide bonds. The van der Waals surface area contributed by atoms with E-state index in [-0.39, 0.29) is 6.04 Å². The van der Waals surface area contributed by atoms with E-state index in [9.17, 15) is 0 Å². The first-order valence-electron chi connectivity index (χ1n) is 5.90. The molecule has 0 aromatic carbocycles. The van der Waals surface area contributed by atoms with Crippen molar-refractivity contribution in [3.8, 4) is 11.3 Å². The van der Waals surface area contributed by atoms with E-state index in [1.807, 2.05) is 27.1 Å². The van der Waals surface area contributed by atoms with Gasteiger partial charge in [0.2, 0.25) is 0 Å². The highest BCUT2D eigenvalue weighted by Gasteiger charge is 2.32. The summed E-state index contributed by atoms with van der Waals surface area (Å²) in [5.74, 6) is 0.552. The molecule has 3 heterocycles. The summed E-state index contributed by atoms with van der Waals surface area (Å²) in [5, 5.41) is 8.90. The minimum Gasteiger partial charge on any atom is -0.382 e. The third kappa shape index (κ3) is 1.32. The molecule has 6 heteroatoms. The minimum absolute atomic E-state index is 0.146. The topological polar surface area (TPSA) is 72.9 Å². The van der Waals surface area contributed by atoms with Crippen LogP contribution in [0, 0.1) is 6.92 Å². The van der Waals surface area contributed by atoms with Gasteiger partial charge < -0.3 is 10.6 Å². The molecule has 2 aromatic rings. The van der Waals surface area contributed by atoms with Gasteiger partial charge in [0.25, 0.3) is 0 Å². The highest BCUT2D eigenvalue weighted by atomic mass is 15.5. The molecule has 0 fully saturated rings. The number of fused-ring (bicyclic) bond motifs is 3. The van der Waals surface area contributed by atoms with Crippen LogP contribution in [0.15, 0.2) is 6.07 Å². The lowest BCUT2D eigenvalue weighted by atomic mass is 9.98. The highest BCUT2D eigenvalue weighted by molar-refractivity contribution is 5.87. The maximum absolute atomic E-state index is 6.05. The van der Waals surface area contributed by atoms with Crippen molar-refractivity contribution in [2.24, 2.45) is 7.05 Å². The molecule has 3 rings (SSSR count). The number of hydrogen-bond donors (Lipinski definition) is 1. The second kappa shape index (κ2) is 3.44. The van der Waals surface area contributed by atoms with Gasteiger partial charge in [-0.2, -0.15) is 15.0 Å². The lowest BCUT2D eigenvalue weighted by Gasteiger charge is -2.32. The van der Waals surface area contributed by atoms with Gasteiger partial charge in [0.15, 0.2) is 0 Å². The zero-order valence-corrected chi connectivity index (χ0v) is 11.0. The lowest BCUT2D eigenvalue weighted by molar-refractivity contribution is 0.625. The van der Waals surface area contributed by atoms with Gasteiger partial charge in [-0.05, 0) is 19.9 Å². The molecule has 94 valence electrons. The van der Waals surface area contributed by atoms with Crippen molar-refractivity contribution in [3.63, 3.8) is 0 Å². The largest absolute Gasteiger partial charge is 0.382 e. The molecule has 1 aliphatic heterocycles. The van der Waals surface area contributed by atoms with E-state index in [0.717, 1.165) is 28.3 Å². The van der Waals surface area contributed by atoms with Crippen molar-refractivity contribution >= 4 is 11.5 Å². The summed E-state index contributed by atoms with van der Waals surface area (Å²) < 4.78 is 0. The van der Waals surface area contributed by atoms with Gasteiger partial charge in [-0.25, -0.2) is 4.98 Å². The lowest BCUT2D eigenvalue weighted by Crippen LogP contribution is -2.27. The Morgan fingerprint density at radius 2 is 2.00 bits per heavy atom. The van der Waals surface area contributed by atoms with Gasteiger partial charge in [-0.3, -0.25) is 0 Å². The van der Waals surface area contributed by atoms with Crippen LogP contribution in [0.5, 0.6) is 0 Å². The number of aromatic nitrogens is 4. The first kappa shape index (κ1) is 11.0. The van der Waals surface area contributed by atoms with E-state index in [0.29, 0.717) is 5.82 Å². The highest BCUT2D eigenvalue weighted by Crippen LogP contribution is 2.44. The smallest absolute Gasteiger partial charge is 0.148 e. The van der Waals surface area contributed by atoms with E-state index in [2.05, 4.69) is 27.0 Å². The molecule has 6 nitrogen and oxygen atoms in total. The zero-order chi connectivity index (χ0) is 13.0. The van der Waals surface area contributed by atoms with Crippen LogP contribution in [0.25, 0.3) is 11.3 Å². The summed E-state index contributed by atoms with van der Waals surface area (Å²) in [6.07, 6.45) is 0. The minimum atomic E-state index is 0.146. The molecule has 0 bridgehead atoms. The monoisotopic (exact) mass is 244 g/mol. The Hall–Kier alpha value is -2.11. The molecule has 1 aliphatic rings. The number of hydrogen-bond acceptors (Lipinski definition) is 5. The second-order valence-corrected chi connectivity index (χ2v) is 4.76. The Morgan fingerprint density at radius 1 is 1.28 bits per heavy atom. The van der Waals surface area contributed by atoms with Crippen LogP contribution in [0.4, 0.5) is 11.5 Å². The second-order valence-electron chi connectivity index (χ2n) is 4.76. The predicted molar refractivity (Wildman–Crippen MR) is 70.2 cm³/mol. The molecule has 0 saturated carbocycles. The number of anilines is 2. The quantitative estimate of drug-likeness (QED) is 0.755. The number of nitrogens with zero attached hydrogens (tertiary/aromatic N) is 5. The number of nitrogens with two attached hydrogens (primary N) is 1. The molecule has 0 spiro atoms. The van der Waals surface area contributed by atoms with Crippen LogP contribution in [0.3, 0.4) is 0 Å². The predicted octanol–water partition coefficient (Wildman–Crippen LogP) is 1.28. The molecule has 0 radical (unpaired) electrons. The van der Waals surface area contributed by atoms with Gasteiger partial charge >= 0.3 is 0 Å². The normalized spacial score (nSPS) is 17.6. The van der Waals surface area contributed by atoms with Crippen LogP contribution in [-0.2, 0) is 7.05 Å². The Labute approximate surface area is 105 Å². The summed E-state index contributed by atoms with van der Waals surface area (Å²) in [5.41, 5.74) is 10.8. The molecule has 1 atom stereocenters. The van der Waals surface area contributed by atoms with E-state index in [1.165, 1.54) is 0 Å². The van der Waals surface area contributed by atoms with Crippen molar-refractivity contribution < 1.29 is 0 Å². The summed E-state index contributed by atoms with van der Waals surface area (Å²) in [6, 6.07) is 2.16. The fourth-order valence-corrected chi connectivity index (χ4v) is 2.51. The third-order valence-electron chi connectivity index (χ3n) is 3.47. The van der Waals surface area contributed by atoms with Crippen LogP contribution < -0.4 is 10.6 Å². The fraction of sp³-hybridized carbons (Fsp3) is 0.417. The van der Waals surface area contributed by atoms with Crippen LogP contribution in [-0.4, -0.2) is 27.0 Å². The summed E-state index contributed by atoms with van der Waals surface area (Å²) in [7, 11) is 3.84. The summed E-state index contributed by atoms with van der Waals surface area (Å²) >= 11 is 0. The maximum Gasteiger partial charge on any atom is 0.148 e. The molecule has 2 aromatic heterocycles. The zero-order valence-electron chi connectivity index (χ0n) is 11.0. The number of rotatable bonds is 0. The molecular weight excluding hydrogens is 228 g/mol. The van der Waals surface area contributed by atoms with Crippen LogP contribution in [0.1, 0.15) is 24.4 Å². The average molecular weight is 244 g/mol. The van der Waals surface area contributed by atoms with Crippen molar-refractivity contribution in [1.82, 2.24) is 20.0 Å². The van der Waals surface area contributed by atoms with E-state index in [1.54, 1.807) is 4.80 Å². The van der Waals surface area contributed by atoms with Gasteiger partial charge in [0, 0.05) is 25.4 Å². The standard InChI is InChI=1S/C12H16N6/c1-6-5-8-10-9(15-18(4)16-10)7(2)17(3)11(8)12(13)14-6/h5,7H,1-4H3,(H2,13,14). The molecule has 0 saturated heterocycles. The molecule has 18 heavy (non-hydrogen) atoms. The van der Waals surface area contributed by atoms with Gasteiger partial charge in [-0.15, -0.1) is 0 Å². The Morgan fingerprint density at radius 3 is 2.72 bits per heavy atom. The molecule has 0 aliphatic carbocycles. The maximum atomic E-state index is 6.05. The molecule has 1 unspecified atom stereocenters. The van der Waals surface area contributed by atoms with Gasteiger partial charge in [0.1, 0.15) is 17.2 Å². The van der Waals surface area contributed by atoms with Gasteiger partial charge in [-0.1, -0.05) is 0 Å². The third-order valence-corrected chi connectivity index (χ3v) is 3.47. The van der Waals surface area contributed by atoms with E-state index >= 15 is 0 Å². The average Bonchev–Trinajstić information content (AvgIpc) is 2.67.